The smallest absolute Gasteiger partial charge is 0.246 e. The molecule has 1 aliphatic heterocycles. The summed E-state index contributed by atoms with van der Waals surface area (Å²) in [5.74, 6) is -2.94. The summed E-state index contributed by atoms with van der Waals surface area (Å²) < 4.78 is 40.6. The molecule has 1 heterocycles. The molecule has 1 amide bonds. The van der Waals surface area contributed by atoms with Crippen LogP contribution in [-0.2, 0) is 9.59 Å². The zero-order valence-electron chi connectivity index (χ0n) is 18.7. The van der Waals surface area contributed by atoms with Gasteiger partial charge in [-0.25, -0.2) is 13.2 Å². The molecule has 1 saturated heterocycles. The predicted molar refractivity (Wildman–Crippen MR) is 123 cm³/mol. The fourth-order valence-corrected chi connectivity index (χ4v) is 3.43. The van der Waals surface area contributed by atoms with Crippen molar-refractivity contribution in [3.05, 3.63) is 93.8 Å². The molecule has 2 aromatic carbocycles. The maximum Gasteiger partial charge on any atom is 0.246 e. The highest BCUT2D eigenvalue weighted by Crippen LogP contribution is 2.24. The monoisotopic (exact) mass is 454 g/mol. The Balaban J connectivity index is 1.98. The van der Waals surface area contributed by atoms with E-state index in [1.807, 2.05) is 19.0 Å². The van der Waals surface area contributed by atoms with Crippen LogP contribution in [0.25, 0.3) is 12.2 Å². The van der Waals surface area contributed by atoms with Crippen LogP contribution in [-0.4, -0.2) is 55.2 Å². The number of rotatable bonds is 5. The number of carbonyl (C=O) groups excluding carboxylic acids is 2. The first-order valence-corrected chi connectivity index (χ1v) is 10.4. The summed E-state index contributed by atoms with van der Waals surface area (Å²) in [6.45, 7) is 2.31. The van der Waals surface area contributed by atoms with Crippen molar-refractivity contribution in [1.29, 1.82) is 0 Å². The molecule has 0 atom stereocenters. The van der Waals surface area contributed by atoms with Crippen molar-refractivity contribution < 1.29 is 22.8 Å². The summed E-state index contributed by atoms with van der Waals surface area (Å²) in [6.07, 6.45) is 6.25. The van der Waals surface area contributed by atoms with Gasteiger partial charge in [0.15, 0.2) is 17.4 Å². The molecule has 0 spiro atoms. The molecule has 3 rings (SSSR count). The Labute approximate surface area is 191 Å². The number of likely N-dealkylation sites (tertiary alicyclic amines) is 1. The average molecular weight is 454 g/mol. The van der Waals surface area contributed by atoms with Gasteiger partial charge in [0, 0.05) is 23.8 Å². The number of piperidine rings is 1. The van der Waals surface area contributed by atoms with Crippen LogP contribution in [0.5, 0.6) is 0 Å². The first kappa shape index (κ1) is 24.2. The Bertz CT molecular complexity index is 1090. The molecule has 0 aromatic heterocycles. The number of ketones is 1. The largest absolute Gasteiger partial charge is 0.330 e. The number of hydrogen-bond acceptors (Lipinski definition) is 3. The zero-order chi connectivity index (χ0) is 24.1. The highest BCUT2D eigenvalue weighted by molar-refractivity contribution is 6.15. The molecule has 172 valence electrons. The van der Waals surface area contributed by atoms with Gasteiger partial charge < -0.3 is 9.80 Å². The van der Waals surface area contributed by atoms with E-state index in [9.17, 15) is 22.8 Å². The van der Waals surface area contributed by atoms with Gasteiger partial charge in [-0.1, -0.05) is 18.2 Å². The summed E-state index contributed by atoms with van der Waals surface area (Å²) in [7, 11) is 3.76. The van der Waals surface area contributed by atoms with Gasteiger partial charge >= 0.3 is 0 Å². The first-order valence-electron chi connectivity index (χ1n) is 10.4. The van der Waals surface area contributed by atoms with Crippen LogP contribution in [0.15, 0.2) is 59.7 Å². The van der Waals surface area contributed by atoms with Crippen LogP contribution in [0, 0.1) is 24.4 Å². The Morgan fingerprint density at radius 3 is 2.06 bits per heavy atom. The lowest BCUT2D eigenvalue weighted by molar-refractivity contribution is -0.126. The molecule has 7 heteroatoms. The number of aryl methyl sites for hydroxylation is 1. The molecule has 0 unspecified atom stereocenters. The van der Waals surface area contributed by atoms with Crippen molar-refractivity contribution >= 4 is 23.8 Å². The third-order valence-electron chi connectivity index (χ3n) is 5.16. The average Bonchev–Trinajstić information content (AvgIpc) is 2.75. The Morgan fingerprint density at radius 1 is 0.939 bits per heavy atom. The van der Waals surface area contributed by atoms with Gasteiger partial charge in [0.2, 0.25) is 5.91 Å². The highest BCUT2D eigenvalue weighted by Gasteiger charge is 2.28. The van der Waals surface area contributed by atoms with E-state index in [0.717, 1.165) is 12.1 Å². The Hall–Kier alpha value is -3.45. The van der Waals surface area contributed by atoms with E-state index in [4.69, 9.17) is 0 Å². The second kappa shape index (κ2) is 10.4. The van der Waals surface area contributed by atoms with Crippen molar-refractivity contribution in [3.63, 3.8) is 0 Å². The summed E-state index contributed by atoms with van der Waals surface area (Å²) in [5, 5.41) is 0. The van der Waals surface area contributed by atoms with Crippen molar-refractivity contribution in [2.45, 2.75) is 6.92 Å². The predicted octanol–water partition coefficient (Wildman–Crippen LogP) is 4.41. The normalized spacial score (nSPS) is 17.1. The third kappa shape index (κ3) is 6.29. The highest BCUT2D eigenvalue weighted by atomic mass is 19.2. The molecule has 0 N–H and O–H groups in total. The van der Waals surface area contributed by atoms with Gasteiger partial charge in [0.25, 0.3) is 0 Å². The molecule has 33 heavy (non-hydrogen) atoms. The molecular weight excluding hydrogens is 429 g/mol. The number of amides is 1. The van der Waals surface area contributed by atoms with E-state index in [1.54, 1.807) is 31.2 Å². The molecule has 0 bridgehead atoms. The number of carbonyl (C=O) groups is 2. The van der Waals surface area contributed by atoms with Gasteiger partial charge in [0.1, 0.15) is 5.82 Å². The van der Waals surface area contributed by atoms with Gasteiger partial charge in [-0.05, 0) is 74.1 Å². The minimum absolute atomic E-state index is 0.0305. The summed E-state index contributed by atoms with van der Waals surface area (Å²) >= 11 is 0. The van der Waals surface area contributed by atoms with Crippen LogP contribution in [0.1, 0.15) is 16.7 Å². The molecule has 1 fully saturated rings. The number of halogens is 3. The van der Waals surface area contributed by atoms with E-state index in [2.05, 4.69) is 0 Å². The SMILES string of the molecule is Cc1cc(/C=C2\CN(C(=O)/C=C/CN(C)C)C/C(=C\c3ccc(F)c(F)c3)C2=O)ccc1F. The standard InChI is InChI=1S/C26H25F3N2O2/c1-17-11-18(6-8-22(17)27)12-20-15-31(25(32)5-4-10-30(2)3)16-21(26(20)33)13-19-7-9-23(28)24(29)14-19/h4-9,11-14H,10,15-16H2,1-3H3/b5-4+,20-12+,21-13+. The molecule has 0 saturated carbocycles. The molecule has 1 aliphatic rings. The van der Waals surface area contributed by atoms with Crippen molar-refractivity contribution in [3.8, 4) is 0 Å². The quantitative estimate of drug-likeness (QED) is 0.629. The van der Waals surface area contributed by atoms with Crippen LogP contribution < -0.4 is 0 Å². The first-order chi connectivity index (χ1) is 15.6. The van der Waals surface area contributed by atoms with Gasteiger partial charge in [0.05, 0.1) is 13.1 Å². The topological polar surface area (TPSA) is 40.6 Å². The van der Waals surface area contributed by atoms with E-state index in [0.29, 0.717) is 28.8 Å². The van der Waals surface area contributed by atoms with E-state index in [1.165, 1.54) is 29.2 Å². The summed E-state index contributed by atoms with van der Waals surface area (Å²) in [6, 6.07) is 7.84. The molecule has 0 aliphatic carbocycles. The second-order valence-electron chi connectivity index (χ2n) is 8.21. The Kier molecular flexibility index (Phi) is 7.66. The number of nitrogens with zero attached hydrogens (tertiary/aromatic N) is 2. The van der Waals surface area contributed by atoms with Crippen LogP contribution in [0.4, 0.5) is 13.2 Å². The fourth-order valence-electron chi connectivity index (χ4n) is 3.43. The molecule has 0 radical (unpaired) electrons. The Morgan fingerprint density at radius 2 is 1.52 bits per heavy atom. The zero-order valence-corrected chi connectivity index (χ0v) is 18.7. The summed E-state index contributed by atoms with van der Waals surface area (Å²) in [5.41, 5.74) is 1.99. The van der Waals surface area contributed by atoms with Gasteiger partial charge in [-0.15, -0.1) is 0 Å². The lowest BCUT2D eigenvalue weighted by Gasteiger charge is -2.29. The van der Waals surface area contributed by atoms with Crippen molar-refractivity contribution in [1.82, 2.24) is 9.80 Å². The van der Waals surface area contributed by atoms with Crippen LogP contribution in [0.3, 0.4) is 0 Å². The van der Waals surface area contributed by atoms with Crippen molar-refractivity contribution in [2.75, 3.05) is 33.7 Å². The van der Waals surface area contributed by atoms with Crippen LogP contribution >= 0.6 is 0 Å². The number of hydrogen-bond donors (Lipinski definition) is 0. The maximum absolute atomic E-state index is 13.7. The second-order valence-corrected chi connectivity index (χ2v) is 8.21. The van der Waals surface area contributed by atoms with Crippen molar-refractivity contribution in [2.24, 2.45) is 0 Å². The number of likely N-dealkylation sites (N-methyl/N-ethyl adjacent to an activating group) is 1. The minimum Gasteiger partial charge on any atom is -0.330 e. The minimum atomic E-state index is -1.02. The lowest BCUT2D eigenvalue weighted by Crippen LogP contribution is -2.41. The fraction of sp³-hybridized carbons (Fsp3) is 0.231. The van der Waals surface area contributed by atoms with Gasteiger partial charge in [-0.3, -0.25) is 9.59 Å². The number of Topliss-reactive ketones (excluding diaryl/α,β-unsaturated/α-hetero) is 1. The maximum atomic E-state index is 13.7. The lowest BCUT2D eigenvalue weighted by atomic mass is 9.94. The van der Waals surface area contributed by atoms with Crippen LogP contribution in [0.2, 0.25) is 0 Å². The molecular formula is C26H25F3N2O2. The van der Waals surface area contributed by atoms with E-state index < -0.39 is 11.6 Å². The van der Waals surface area contributed by atoms with Gasteiger partial charge in [-0.2, -0.15) is 0 Å². The van der Waals surface area contributed by atoms with E-state index in [-0.39, 0.29) is 36.2 Å². The van der Waals surface area contributed by atoms with E-state index >= 15 is 0 Å². The number of benzene rings is 2. The third-order valence-corrected chi connectivity index (χ3v) is 5.16. The molecule has 4 nitrogen and oxygen atoms in total. The summed E-state index contributed by atoms with van der Waals surface area (Å²) in [4.78, 5) is 29.3. The molecule has 2 aromatic rings.